The number of fused-ring (bicyclic) bond motifs is 1. The lowest BCUT2D eigenvalue weighted by Crippen LogP contribution is -2.39. The van der Waals surface area contributed by atoms with Gasteiger partial charge in [0.2, 0.25) is 0 Å². The van der Waals surface area contributed by atoms with E-state index in [2.05, 4.69) is 10.1 Å². The summed E-state index contributed by atoms with van der Waals surface area (Å²) in [6, 6.07) is 0. The molecule has 0 bridgehead atoms. The van der Waals surface area contributed by atoms with E-state index in [0.717, 1.165) is 17.8 Å². The van der Waals surface area contributed by atoms with Crippen molar-refractivity contribution in [1.82, 2.24) is 23.6 Å². The Balaban J connectivity index is 1.96. The maximum Gasteiger partial charge on any atom is 0.262 e. The van der Waals surface area contributed by atoms with Crippen molar-refractivity contribution >= 4 is 10.0 Å². The molecular weight excluding hydrogens is 318 g/mol. The molecule has 3 heterocycles. The van der Waals surface area contributed by atoms with Crippen LogP contribution >= 0.6 is 0 Å². The average Bonchev–Trinajstić information content (AvgIpc) is 3.13. The third kappa shape index (κ3) is 2.91. The van der Waals surface area contributed by atoms with Crippen LogP contribution in [0.25, 0.3) is 0 Å². The number of methoxy groups -OCH3 is 1. The molecule has 23 heavy (non-hydrogen) atoms. The monoisotopic (exact) mass is 339 g/mol. The summed E-state index contributed by atoms with van der Waals surface area (Å²) in [6.07, 6.45) is 4.92. The third-order valence-electron chi connectivity index (χ3n) is 4.00. The van der Waals surface area contributed by atoms with Crippen LogP contribution in [0.3, 0.4) is 0 Å². The second-order valence-electron chi connectivity index (χ2n) is 5.72. The zero-order valence-electron chi connectivity index (χ0n) is 13.5. The van der Waals surface area contributed by atoms with E-state index in [-0.39, 0.29) is 10.9 Å². The zero-order valence-corrected chi connectivity index (χ0v) is 14.3. The summed E-state index contributed by atoms with van der Waals surface area (Å²) in [5.74, 6) is -0.0740. The predicted octanol–water partition coefficient (Wildman–Crippen LogP) is 0.571. The lowest BCUT2D eigenvalue weighted by molar-refractivity contribution is 0.161. The first-order valence-electron chi connectivity index (χ1n) is 7.49. The summed E-state index contributed by atoms with van der Waals surface area (Å²) < 4.78 is 35.8. The highest BCUT2D eigenvalue weighted by molar-refractivity contribution is 7.89. The van der Waals surface area contributed by atoms with E-state index in [9.17, 15) is 8.42 Å². The molecule has 1 aliphatic heterocycles. The van der Waals surface area contributed by atoms with Crippen molar-refractivity contribution in [3.63, 3.8) is 0 Å². The minimum absolute atomic E-state index is 0.0718. The summed E-state index contributed by atoms with van der Waals surface area (Å²) in [5.41, 5.74) is 1.86. The highest BCUT2D eigenvalue weighted by Crippen LogP contribution is 2.30. The fourth-order valence-electron chi connectivity index (χ4n) is 2.86. The fourth-order valence-corrected chi connectivity index (χ4v) is 4.29. The Labute approximate surface area is 135 Å². The number of nitrogens with zero attached hydrogens (tertiary/aromatic N) is 5. The van der Waals surface area contributed by atoms with Crippen molar-refractivity contribution in [2.24, 2.45) is 7.05 Å². The quantitative estimate of drug-likeness (QED) is 0.795. The number of imidazole rings is 1. The Hall–Kier alpha value is -1.71. The molecule has 0 saturated heterocycles. The predicted molar refractivity (Wildman–Crippen MR) is 83.3 cm³/mol. The van der Waals surface area contributed by atoms with Crippen molar-refractivity contribution in [3.05, 3.63) is 30.0 Å². The summed E-state index contributed by atoms with van der Waals surface area (Å²) >= 11 is 0. The van der Waals surface area contributed by atoms with Crippen LogP contribution in [0.15, 0.2) is 23.7 Å². The largest absolute Gasteiger partial charge is 0.384 e. The second-order valence-corrected chi connectivity index (χ2v) is 7.61. The topological polar surface area (TPSA) is 82.3 Å². The van der Waals surface area contributed by atoms with Crippen LogP contribution in [0.1, 0.15) is 24.1 Å². The second kappa shape index (κ2) is 6.06. The van der Waals surface area contributed by atoms with Crippen LogP contribution < -0.4 is 0 Å². The van der Waals surface area contributed by atoms with Crippen LogP contribution in [-0.4, -0.2) is 52.3 Å². The van der Waals surface area contributed by atoms with Gasteiger partial charge < -0.3 is 9.30 Å². The molecule has 1 aliphatic rings. The van der Waals surface area contributed by atoms with Crippen LogP contribution in [0.5, 0.6) is 0 Å². The number of sulfonamides is 1. The Morgan fingerprint density at radius 1 is 1.39 bits per heavy atom. The lowest BCUT2D eigenvalue weighted by atomic mass is 9.99. The van der Waals surface area contributed by atoms with Gasteiger partial charge in [-0.3, -0.25) is 4.68 Å². The standard InChI is InChI=1S/C14H21N5O3S/c1-4-18-5-11-6-19(7-12(9-22-3)14(11)16-18)23(20,21)13-8-17(2)10-15-13/h5,8,10,12H,4,6-7,9H2,1-3H3/t12-/m0/s1. The molecule has 9 heteroatoms. The van der Waals surface area contributed by atoms with Gasteiger partial charge in [0.05, 0.1) is 18.6 Å². The summed E-state index contributed by atoms with van der Waals surface area (Å²) in [5, 5.41) is 4.63. The van der Waals surface area contributed by atoms with E-state index in [4.69, 9.17) is 4.74 Å². The van der Waals surface area contributed by atoms with Gasteiger partial charge in [-0.15, -0.1) is 0 Å². The van der Waals surface area contributed by atoms with Crippen LogP contribution in [0.4, 0.5) is 0 Å². The van der Waals surface area contributed by atoms with Crippen molar-refractivity contribution in [3.8, 4) is 0 Å². The molecule has 8 nitrogen and oxygen atoms in total. The Morgan fingerprint density at radius 2 is 2.17 bits per heavy atom. The molecule has 0 aliphatic carbocycles. The van der Waals surface area contributed by atoms with Crippen molar-refractivity contribution in [2.45, 2.75) is 31.0 Å². The number of aryl methyl sites for hydroxylation is 2. The maximum atomic E-state index is 12.8. The highest BCUT2D eigenvalue weighted by Gasteiger charge is 2.36. The maximum absolute atomic E-state index is 12.8. The first kappa shape index (κ1) is 16.2. The number of hydrogen-bond acceptors (Lipinski definition) is 5. The molecule has 0 amide bonds. The van der Waals surface area contributed by atoms with Gasteiger partial charge >= 0.3 is 0 Å². The molecule has 0 N–H and O–H groups in total. The van der Waals surface area contributed by atoms with Gasteiger partial charge in [-0.1, -0.05) is 0 Å². The Bertz CT molecular complexity index is 795. The van der Waals surface area contributed by atoms with E-state index in [1.807, 2.05) is 17.8 Å². The molecule has 126 valence electrons. The SMILES string of the molecule is CCn1cc2c(n1)[C@H](COC)CN(S(=O)(=O)c1cn(C)cn1)C2. The molecule has 0 radical (unpaired) electrons. The number of aromatic nitrogens is 4. The smallest absolute Gasteiger partial charge is 0.262 e. The minimum Gasteiger partial charge on any atom is -0.384 e. The van der Waals surface area contributed by atoms with Crippen molar-refractivity contribution < 1.29 is 13.2 Å². The summed E-state index contributed by atoms with van der Waals surface area (Å²) in [7, 11) is -0.261. The van der Waals surface area contributed by atoms with Gasteiger partial charge in [0.15, 0.2) is 5.03 Å². The van der Waals surface area contributed by atoms with Gasteiger partial charge in [0.25, 0.3) is 10.0 Å². The van der Waals surface area contributed by atoms with Crippen molar-refractivity contribution in [2.75, 3.05) is 20.3 Å². The van der Waals surface area contributed by atoms with E-state index < -0.39 is 10.0 Å². The molecule has 1 atom stereocenters. The number of hydrogen-bond donors (Lipinski definition) is 0. The van der Waals surface area contributed by atoms with E-state index in [1.54, 1.807) is 18.7 Å². The molecule has 0 unspecified atom stereocenters. The normalized spacial score (nSPS) is 19.0. The van der Waals surface area contributed by atoms with Crippen molar-refractivity contribution in [1.29, 1.82) is 0 Å². The summed E-state index contributed by atoms with van der Waals surface area (Å²) in [6.45, 7) is 3.85. The molecule has 0 aromatic carbocycles. The van der Waals surface area contributed by atoms with Gasteiger partial charge in [0.1, 0.15) is 0 Å². The first-order valence-corrected chi connectivity index (χ1v) is 8.93. The minimum atomic E-state index is -3.62. The average molecular weight is 339 g/mol. The molecule has 0 fully saturated rings. The molecule has 3 rings (SSSR count). The van der Waals surface area contributed by atoms with Crippen LogP contribution in [0.2, 0.25) is 0 Å². The van der Waals surface area contributed by atoms with Gasteiger partial charge in [0, 0.05) is 57.7 Å². The van der Waals surface area contributed by atoms with E-state index in [1.165, 1.54) is 16.8 Å². The lowest BCUT2D eigenvalue weighted by Gasteiger charge is -2.30. The third-order valence-corrected chi connectivity index (χ3v) is 5.70. The van der Waals surface area contributed by atoms with E-state index in [0.29, 0.717) is 19.7 Å². The molecular formula is C14H21N5O3S. The van der Waals surface area contributed by atoms with Gasteiger partial charge in [-0.25, -0.2) is 13.4 Å². The fraction of sp³-hybridized carbons (Fsp3) is 0.571. The highest BCUT2D eigenvalue weighted by atomic mass is 32.2. The first-order chi connectivity index (χ1) is 11.0. The number of rotatable bonds is 5. The van der Waals surface area contributed by atoms with Crippen LogP contribution in [-0.2, 0) is 34.9 Å². The number of ether oxygens (including phenoxy) is 1. The molecule has 0 spiro atoms. The van der Waals surface area contributed by atoms with Crippen LogP contribution in [0, 0.1) is 0 Å². The summed E-state index contributed by atoms with van der Waals surface area (Å²) in [4.78, 5) is 3.99. The molecule has 2 aromatic heterocycles. The van der Waals surface area contributed by atoms with E-state index >= 15 is 0 Å². The van der Waals surface area contributed by atoms with Gasteiger partial charge in [-0.2, -0.15) is 9.40 Å². The molecule has 2 aromatic rings. The Kier molecular flexibility index (Phi) is 4.26. The zero-order chi connectivity index (χ0) is 16.6. The molecule has 0 saturated carbocycles. The van der Waals surface area contributed by atoms with Gasteiger partial charge in [-0.05, 0) is 6.92 Å². The Morgan fingerprint density at radius 3 is 2.78 bits per heavy atom.